The highest BCUT2D eigenvalue weighted by atomic mass is 19.3. The monoisotopic (exact) mass is 374 g/mol. The molecule has 1 N–H and O–H groups in total. The Balaban J connectivity index is 1.53. The summed E-state index contributed by atoms with van der Waals surface area (Å²) in [6.07, 6.45) is 0.0551. The number of carbonyl (C=O) groups excluding carboxylic acids is 1. The van der Waals surface area contributed by atoms with Gasteiger partial charge in [-0.3, -0.25) is 9.59 Å². The van der Waals surface area contributed by atoms with Crippen molar-refractivity contribution < 1.29 is 18.3 Å². The third-order valence-corrected chi connectivity index (χ3v) is 3.82. The van der Waals surface area contributed by atoms with Crippen molar-refractivity contribution in [2.24, 2.45) is 0 Å². The number of carbonyl (C=O) groups is 1. The van der Waals surface area contributed by atoms with Crippen LogP contribution in [0.5, 0.6) is 5.75 Å². The number of aromatic nitrogens is 3. The minimum absolute atomic E-state index is 0.0503. The van der Waals surface area contributed by atoms with Crippen molar-refractivity contribution >= 4 is 16.8 Å². The molecule has 1 amide bonds. The molecule has 0 radical (unpaired) electrons. The molecule has 0 spiro atoms. The van der Waals surface area contributed by atoms with E-state index >= 15 is 0 Å². The Hall–Kier alpha value is -3.36. The molecule has 2 aromatic carbocycles. The number of aryl methyl sites for hydroxylation is 1. The van der Waals surface area contributed by atoms with E-state index in [0.29, 0.717) is 10.9 Å². The molecule has 0 saturated carbocycles. The molecule has 7 nitrogen and oxygen atoms in total. The molecular formula is C18H16F2N4O3. The van der Waals surface area contributed by atoms with Gasteiger partial charge in [0.15, 0.2) is 0 Å². The minimum atomic E-state index is -2.88. The lowest BCUT2D eigenvalue weighted by molar-refractivity contribution is -0.121. The quantitative estimate of drug-likeness (QED) is 0.685. The first-order valence-corrected chi connectivity index (χ1v) is 8.16. The zero-order chi connectivity index (χ0) is 19.2. The summed E-state index contributed by atoms with van der Waals surface area (Å²) >= 11 is 0. The maximum atomic E-state index is 12.3. The number of nitrogens with zero attached hydrogens (tertiary/aromatic N) is 3. The molecule has 0 bridgehead atoms. The average molecular weight is 374 g/mol. The van der Waals surface area contributed by atoms with Gasteiger partial charge in [0.1, 0.15) is 11.3 Å². The van der Waals surface area contributed by atoms with Gasteiger partial charge in [0.25, 0.3) is 5.56 Å². The average Bonchev–Trinajstić information content (AvgIpc) is 2.67. The predicted octanol–water partition coefficient (Wildman–Crippen LogP) is 2.10. The summed E-state index contributed by atoms with van der Waals surface area (Å²) in [6.45, 7) is -2.55. The van der Waals surface area contributed by atoms with Gasteiger partial charge in [-0.1, -0.05) is 29.5 Å². The van der Waals surface area contributed by atoms with Crippen molar-refractivity contribution in [1.82, 2.24) is 20.3 Å². The number of rotatable bonds is 7. The molecule has 27 heavy (non-hydrogen) atoms. The number of ether oxygens (including phenoxy) is 1. The predicted molar refractivity (Wildman–Crippen MR) is 93.3 cm³/mol. The van der Waals surface area contributed by atoms with E-state index in [1.54, 1.807) is 36.4 Å². The fourth-order valence-electron chi connectivity index (χ4n) is 2.46. The van der Waals surface area contributed by atoms with Crippen LogP contribution in [0.1, 0.15) is 12.0 Å². The van der Waals surface area contributed by atoms with E-state index in [9.17, 15) is 18.4 Å². The van der Waals surface area contributed by atoms with E-state index < -0.39 is 6.61 Å². The van der Waals surface area contributed by atoms with Crippen LogP contribution >= 0.6 is 0 Å². The minimum Gasteiger partial charge on any atom is -0.435 e. The van der Waals surface area contributed by atoms with E-state index in [-0.39, 0.29) is 36.7 Å². The zero-order valence-electron chi connectivity index (χ0n) is 14.1. The highest BCUT2D eigenvalue weighted by Gasteiger charge is 2.08. The van der Waals surface area contributed by atoms with E-state index in [1.807, 2.05) is 0 Å². The summed E-state index contributed by atoms with van der Waals surface area (Å²) in [4.78, 5) is 24.3. The fraction of sp³-hybridized carbons (Fsp3) is 0.222. The largest absolute Gasteiger partial charge is 0.435 e. The standard InChI is InChI=1S/C18H16F2N4O3/c19-18(20)27-13-7-5-12(6-8-13)11-21-16(25)9-10-24-17(26)14-3-1-2-4-15(14)22-23-24/h1-8,18H,9-11H2,(H,21,25). The molecule has 0 aliphatic heterocycles. The second kappa shape index (κ2) is 8.35. The number of benzene rings is 2. The maximum Gasteiger partial charge on any atom is 0.387 e. The van der Waals surface area contributed by atoms with Gasteiger partial charge in [0.2, 0.25) is 5.91 Å². The summed E-state index contributed by atoms with van der Waals surface area (Å²) in [6, 6.07) is 12.8. The summed E-state index contributed by atoms with van der Waals surface area (Å²) < 4.78 is 29.6. The molecule has 0 saturated heterocycles. The molecule has 0 unspecified atom stereocenters. The van der Waals surface area contributed by atoms with Crippen LogP contribution in [0.3, 0.4) is 0 Å². The van der Waals surface area contributed by atoms with Crippen LogP contribution in [0.15, 0.2) is 53.3 Å². The van der Waals surface area contributed by atoms with Crippen LogP contribution in [0, 0.1) is 0 Å². The van der Waals surface area contributed by atoms with Gasteiger partial charge in [-0.15, -0.1) is 5.10 Å². The van der Waals surface area contributed by atoms with Gasteiger partial charge in [0, 0.05) is 13.0 Å². The van der Waals surface area contributed by atoms with Gasteiger partial charge < -0.3 is 10.1 Å². The Morgan fingerprint density at radius 3 is 2.63 bits per heavy atom. The molecule has 0 fully saturated rings. The van der Waals surface area contributed by atoms with E-state index in [4.69, 9.17) is 0 Å². The van der Waals surface area contributed by atoms with Gasteiger partial charge in [-0.25, -0.2) is 4.68 Å². The maximum absolute atomic E-state index is 12.3. The molecule has 1 aromatic heterocycles. The SMILES string of the molecule is O=C(CCn1nnc2ccccc2c1=O)NCc1ccc(OC(F)F)cc1. The summed E-state index contributed by atoms with van der Waals surface area (Å²) in [5.74, 6) is -0.223. The van der Waals surface area contributed by atoms with Crippen molar-refractivity contribution in [3.05, 3.63) is 64.4 Å². The smallest absolute Gasteiger partial charge is 0.387 e. The van der Waals surface area contributed by atoms with Crippen LogP contribution < -0.4 is 15.6 Å². The summed E-state index contributed by atoms with van der Waals surface area (Å²) in [7, 11) is 0. The number of halogens is 2. The second-order valence-corrected chi connectivity index (χ2v) is 5.68. The van der Waals surface area contributed by atoms with Crippen molar-refractivity contribution in [2.45, 2.75) is 26.1 Å². The van der Waals surface area contributed by atoms with Crippen molar-refractivity contribution in [2.75, 3.05) is 0 Å². The lowest BCUT2D eigenvalue weighted by Gasteiger charge is -2.08. The molecule has 3 rings (SSSR count). The molecule has 140 valence electrons. The molecule has 0 aliphatic carbocycles. The highest BCUT2D eigenvalue weighted by molar-refractivity contribution is 5.77. The number of hydrogen-bond donors (Lipinski definition) is 1. The number of fused-ring (bicyclic) bond motifs is 1. The first-order valence-electron chi connectivity index (χ1n) is 8.16. The molecule has 0 aliphatic rings. The highest BCUT2D eigenvalue weighted by Crippen LogP contribution is 2.14. The van der Waals surface area contributed by atoms with Crippen LogP contribution in [0.2, 0.25) is 0 Å². The molecule has 3 aromatic rings. The first kappa shape index (κ1) is 18.4. The number of hydrogen-bond acceptors (Lipinski definition) is 5. The van der Waals surface area contributed by atoms with Gasteiger partial charge in [0.05, 0.1) is 11.9 Å². The van der Waals surface area contributed by atoms with Gasteiger partial charge in [-0.05, 0) is 29.8 Å². The molecule has 9 heteroatoms. The second-order valence-electron chi connectivity index (χ2n) is 5.68. The third kappa shape index (κ3) is 4.84. The summed E-state index contributed by atoms with van der Waals surface area (Å²) in [5.41, 5.74) is 0.929. The van der Waals surface area contributed by atoms with E-state index in [2.05, 4.69) is 20.4 Å². The van der Waals surface area contributed by atoms with Crippen LogP contribution in [-0.2, 0) is 17.9 Å². The van der Waals surface area contributed by atoms with Crippen LogP contribution in [0.4, 0.5) is 8.78 Å². The normalized spacial score (nSPS) is 10.9. The topological polar surface area (TPSA) is 86.1 Å². The van der Waals surface area contributed by atoms with Crippen LogP contribution in [0.25, 0.3) is 10.9 Å². The number of alkyl halides is 2. The Labute approximate surface area is 152 Å². The Morgan fingerprint density at radius 2 is 1.89 bits per heavy atom. The Morgan fingerprint density at radius 1 is 1.15 bits per heavy atom. The number of amides is 1. The third-order valence-electron chi connectivity index (χ3n) is 3.82. The Bertz CT molecular complexity index is 990. The van der Waals surface area contributed by atoms with Gasteiger partial charge >= 0.3 is 6.61 Å². The van der Waals surface area contributed by atoms with E-state index in [0.717, 1.165) is 10.2 Å². The number of nitrogens with one attached hydrogen (secondary N) is 1. The fourth-order valence-corrected chi connectivity index (χ4v) is 2.46. The van der Waals surface area contributed by atoms with Crippen molar-refractivity contribution in [3.8, 4) is 5.75 Å². The zero-order valence-corrected chi connectivity index (χ0v) is 14.1. The van der Waals surface area contributed by atoms with Crippen molar-refractivity contribution in [1.29, 1.82) is 0 Å². The first-order chi connectivity index (χ1) is 13.0. The molecular weight excluding hydrogens is 358 g/mol. The Kier molecular flexibility index (Phi) is 5.70. The van der Waals surface area contributed by atoms with Crippen molar-refractivity contribution in [3.63, 3.8) is 0 Å². The van der Waals surface area contributed by atoms with E-state index in [1.165, 1.54) is 12.1 Å². The summed E-state index contributed by atoms with van der Waals surface area (Å²) in [5, 5.41) is 10.9. The molecule has 0 atom stereocenters. The lowest BCUT2D eigenvalue weighted by atomic mass is 10.2. The van der Waals surface area contributed by atoms with Gasteiger partial charge in [-0.2, -0.15) is 8.78 Å². The van der Waals surface area contributed by atoms with Crippen LogP contribution in [-0.4, -0.2) is 27.5 Å². The lowest BCUT2D eigenvalue weighted by Crippen LogP contribution is -2.29. The molecule has 1 heterocycles.